The number of carbonyl (C=O) groups excluding carboxylic acids is 1. The Morgan fingerprint density at radius 3 is 2.38 bits per heavy atom. The van der Waals surface area contributed by atoms with Gasteiger partial charge in [-0.1, -0.05) is 30.1 Å². The normalized spacial score (nSPS) is 21.4. The average Bonchev–Trinajstić information content (AvgIpc) is 2.79. The van der Waals surface area contributed by atoms with E-state index in [9.17, 15) is 14.7 Å². The molecule has 1 saturated heterocycles. The lowest BCUT2D eigenvalue weighted by Crippen LogP contribution is -2.42. The number of methoxy groups -OCH3 is 1. The molecule has 21 heavy (non-hydrogen) atoms. The quantitative estimate of drug-likeness (QED) is 0.924. The second kappa shape index (κ2) is 6.12. The molecule has 1 aliphatic rings. The third kappa shape index (κ3) is 2.94. The Balaban J connectivity index is 2.34. The fourth-order valence-electron chi connectivity index (χ4n) is 2.60. The maximum absolute atomic E-state index is 12.5. The number of ether oxygens (including phenoxy) is 1. The summed E-state index contributed by atoms with van der Waals surface area (Å²) >= 11 is 12.0. The molecule has 1 fully saturated rings. The van der Waals surface area contributed by atoms with Gasteiger partial charge in [0.05, 0.1) is 17.2 Å². The van der Waals surface area contributed by atoms with Crippen molar-refractivity contribution >= 4 is 35.1 Å². The molecule has 1 amide bonds. The second-order valence-corrected chi connectivity index (χ2v) is 5.84. The Morgan fingerprint density at radius 2 is 1.90 bits per heavy atom. The van der Waals surface area contributed by atoms with Gasteiger partial charge in [-0.25, -0.2) is 4.79 Å². The van der Waals surface area contributed by atoms with Gasteiger partial charge in [0, 0.05) is 12.1 Å². The van der Waals surface area contributed by atoms with Crippen LogP contribution >= 0.6 is 23.2 Å². The Bertz CT molecular complexity index is 567. The van der Waals surface area contributed by atoms with E-state index < -0.39 is 17.9 Å². The van der Waals surface area contributed by atoms with Crippen LogP contribution < -0.4 is 4.74 Å². The van der Waals surface area contributed by atoms with E-state index in [0.717, 1.165) is 0 Å². The summed E-state index contributed by atoms with van der Waals surface area (Å²) in [5, 5.41) is 9.71. The lowest BCUT2D eigenvalue weighted by Gasteiger charge is -2.23. The fourth-order valence-corrected chi connectivity index (χ4v) is 3.24. The van der Waals surface area contributed by atoms with Crippen LogP contribution in [0.15, 0.2) is 12.1 Å². The van der Waals surface area contributed by atoms with Gasteiger partial charge in [-0.2, -0.15) is 0 Å². The van der Waals surface area contributed by atoms with Crippen molar-refractivity contribution in [2.75, 3.05) is 13.7 Å². The van der Waals surface area contributed by atoms with E-state index in [1.165, 1.54) is 24.1 Å². The molecule has 2 atom stereocenters. The molecule has 2 rings (SSSR count). The van der Waals surface area contributed by atoms with Gasteiger partial charge in [0.2, 0.25) is 0 Å². The number of hydrogen-bond donors (Lipinski definition) is 1. The lowest BCUT2D eigenvalue weighted by molar-refractivity contribution is -0.142. The lowest BCUT2D eigenvalue weighted by atomic mass is 10.0. The Labute approximate surface area is 132 Å². The monoisotopic (exact) mass is 331 g/mol. The van der Waals surface area contributed by atoms with Crippen LogP contribution in [0, 0.1) is 5.92 Å². The molecule has 0 bridgehead atoms. The van der Waals surface area contributed by atoms with Crippen LogP contribution in [-0.2, 0) is 4.79 Å². The molecule has 7 heteroatoms. The zero-order valence-corrected chi connectivity index (χ0v) is 13.1. The zero-order valence-electron chi connectivity index (χ0n) is 11.6. The number of rotatable bonds is 3. The van der Waals surface area contributed by atoms with Crippen molar-refractivity contribution in [3.8, 4) is 5.75 Å². The van der Waals surface area contributed by atoms with Gasteiger partial charge in [-0.05, 0) is 24.5 Å². The van der Waals surface area contributed by atoms with Crippen LogP contribution in [0.25, 0.3) is 0 Å². The second-order valence-electron chi connectivity index (χ2n) is 5.02. The van der Waals surface area contributed by atoms with Crippen LogP contribution in [0.2, 0.25) is 10.0 Å². The minimum atomic E-state index is -1.00. The molecule has 0 spiro atoms. The smallest absolute Gasteiger partial charge is 0.326 e. The summed E-state index contributed by atoms with van der Waals surface area (Å²) in [5.41, 5.74) is 0.256. The van der Waals surface area contributed by atoms with E-state index in [2.05, 4.69) is 0 Å². The van der Waals surface area contributed by atoms with E-state index in [1.807, 2.05) is 6.92 Å². The summed E-state index contributed by atoms with van der Waals surface area (Å²) in [4.78, 5) is 25.2. The van der Waals surface area contributed by atoms with E-state index in [1.54, 1.807) is 0 Å². The Kier molecular flexibility index (Phi) is 4.64. The third-order valence-corrected chi connectivity index (χ3v) is 4.22. The molecule has 1 aromatic rings. The zero-order chi connectivity index (χ0) is 15.7. The van der Waals surface area contributed by atoms with Gasteiger partial charge in [0.15, 0.2) is 5.75 Å². The van der Waals surface area contributed by atoms with Gasteiger partial charge in [-0.3, -0.25) is 4.79 Å². The van der Waals surface area contributed by atoms with Gasteiger partial charge in [0.1, 0.15) is 6.04 Å². The number of carbonyl (C=O) groups is 2. The Morgan fingerprint density at radius 1 is 1.33 bits per heavy atom. The largest absolute Gasteiger partial charge is 0.494 e. The van der Waals surface area contributed by atoms with Crippen molar-refractivity contribution in [2.45, 2.75) is 19.4 Å². The number of halogens is 2. The molecule has 1 aromatic carbocycles. The highest BCUT2D eigenvalue weighted by Crippen LogP contribution is 2.35. The summed E-state index contributed by atoms with van der Waals surface area (Å²) in [6.45, 7) is 2.22. The summed E-state index contributed by atoms with van der Waals surface area (Å²) in [6, 6.07) is 2.06. The number of nitrogens with zero attached hydrogens (tertiary/aromatic N) is 1. The van der Waals surface area contributed by atoms with Crippen LogP contribution in [0.1, 0.15) is 23.7 Å². The maximum atomic E-state index is 12.5. The first-order chi connectivity index (χ1) is 9.86. The Hall–Kier alpha value is -1.46. The first-order valence-electron chi connectivity index (χ1n) is 6.43. The first kappa shape index (κ1) is 15.9. The maximum Gasteiger partial charge on any atom is 0.326 e. The minimum Gasteiger partial charge on any atom is -0.494 e. The van der Waals surface area contributed by atoms with E-state index in [-0.39, 0.29) is 21.5 Å². The van der Waals surface area contributed by atoms with Crippen LogP contribution in [0.3, 0.4) is 0 Å². The van der Waals surface area contributed by atoms with Gasteiger partial charge in [0.25, 0.3) is 5.91 Å². The predicted octanol–water partition coefficient (Wildman–Crippen LogP) is 2.94. The van der Waals surface area contributed by atoms with Gasteiger partial charge >= 0.3 is 5.97 Å². The van der Waals surface area contributed by atoms with Crippen molar-refractivity contribution in [3.05, 3.63) is 27.7 Å². The fraction of sp³-hybridized carbons (Fsp3) is 0.429. The van der Waals surface area contributed by atoms with Crippen molar-refractivity contribution in [1.82, 2.24) is 4.90 Å². The highest BCUT2D eigenvalue weighted by atomic mass is 35.5. The van der Waals surface area contributed by atoms with Crippen molar-refractivity contribution in [2.24, 2.45) is 5.92 Å². The van der Waals surface area contributed by atoms with Gasteiger partial charge in [-0.15, -0.1) is 0 Å². The van der Waals surface area contributed by atoms with Crippen molar-refractivity contribution < 1.29 is 19.4 Å². The molecule has 2 unspecified atom stereocenters. The highest BCUT2D eigenvalue weighted by Gasteiger charge is 2.39. The molecule has 114 valence electrons. The molecule has 0 saturated carbocycles. The van der Waals surface area contributed by atoms with Crippen LogP contribution in [-0.4, -0.2) is 41.6 Å². The first-order valence-corrected chi connectivity index (χ1v) is 7.19. The topological polar surface area (TPSA) is 66.8 Å². The summed E-state index contributed by atoms with van der Waals surface area (Å²) in [5.74, 6) is -1.19. The number of amides is 1. The average molecular weight is 332 g/mol. The van der Waals surface area contributed by atoms with Crippen LogP contribution in [0.4, 0.5) is 0 Å². The number of carboxylic acids is 1. The van der Waals surface area contributed by atoms with E-state index >= 15 is 0 Å². The minimum absolute atomic E-state index is 0.0874. The summed E-state index contributed by atoms with van der Waals surface area (Å²) in [7, 11) is 1.43. The van der Waals surface area contributed by atoms with Gasteiger partial charge < -0.3 is 14.7 Å². The van der Waals surface area contributed by atoms with E-state index in [4.69, 9.17) is 27.9 Å². The molecule has 1 heterocycles. The molecule has 1 N–H and O–H groups in total. The summed E-state index contributed by atoms with van der Waals surface area (Å²) < 4.78 is 5.03. The molecule has 0 aromatic heterocycles. The number of aliphatic carboxylic acids is 1. The molecular formula is C14H15Cl2NO4. The standard InChI is InChI=1S/C14H15Cl2NO4/c1-7-3-4-17(11(7)14(19)20)13(18)8-5-9(15)12(21-2)10(16)6-8/h5-7,11H,3-4H2,1-2H3,(H,19,20). The predicted molar refractivity (Wildman–Crippen MR) is 79.3 cm³/mol. The molecule has 1 aliphatic heterocycles. The summed E-state index contributed by atoms with van der Waals surface area (Å²) in [6.07, 6.45) is 0.653. The van der Waals surface area contributed by atoms with Crippen molar-refractivity contribution in [1.29, 1.82) is 0 Å². The number of likely N-dealkylation sites (tertiary alicyclic amines) is 1. The van der Waals surface area contributed by atoms with Crippen molar-refractivity contribution in [3.63, 3.8) is 0 Å². The number of carboxylic acid groups (broad SMARTS) is 1. The molecule has 0 aliphatic carbocycles. The van der Waals surface area contributed by atoms with E-state index in [0.29, 0.717) is 18.7 Å². The molecule has 0 radical (unpaired) electrons. The molecular weight excluding hydrogens is 317 g/mol. The third-order valence-electron chi connectivity index (χ3n) is 3.66. The number of benzene rings is 1. The van der Waals surface area contributed by atoms with Crippen LogP contribution in [0.5, 0.6) is 5.75 Å². The number of hydrogen-bond acceptors (Lipinski definition) is 3. The SMILES string of the molecule is COc1c(Cl)cc(C(=O)N2CCC(C)C2C(=O)O)cc1Cl. The highest BCUT2D eigenvalue weighted by molar-refractivity contribution is 6.37. The molecule has 5 nitrogen and oxygen atoms in total.